The smallest absolute Gasteiger partial charge is 0.237 e. The minimum Gasteiger partial charge on any atom is -0.496 e. The molecule has 0 aromatic heterocycles. The first-order chi connectivity index (χ1) is 12.1. The Kier molecular flexibility index (Phi) is 7.17. The number of methoxy groups -OCH3 is 1. The van der Waals surface area contributed by atoms with Crippen LogP contribution >= 0.6 is 23.4 Å². The van der Waals surface area contributed by atoms with Crippen molar-refractivity contribution in [3.8, 4) is 11.8 Å². The van der Waals surface area contributed by atoms with E-state index in [1.165, 1.54) is 11.8 Å². The molecule has 25 heavy (non-hydrogen) atoms. The highest BCUT2D eigenvalue weighted by molar-refractivity contribution is 8.00. The van der Waals surface area contributed by atoms with E-state index in [4.69, 9.17) is 21.6 Å². The van der Waals surface area contributed by atoms with Gasteiger partial charge in [-0.15, -0.1) is 11.8 Å². The van der Waals surface area contributed by atoms with Crippen molar-refractivity contribution < 1.29 is 9.53 Å². The Hall–Kier alpha value is -2.16. The second kappa shape index (κ2) is 9.36. The molecule has 0 unspecified atom stereocenters. The van der Waals surface area contributed by atoms with Gasteiger partial charge in [-0.1, -0.05) is 23.7 Å². The predicted octanol–water partition coefficient (Wildman–Crippen LogP) is 4.70. The molecule has 0 bridgehead atoms. The van der Waals surface area contributed by atoms with Crippen LogP contribution < -0.4 is 9.64 Å². The molecule has 0 spiro atoms. The number of nitrogens with zero attached hydrogens (tertiary/aromatic N) is 2. The lowest BCUT2D eigenvalue weighted by Gasteiger charge is -2.22. The maximum atomic E-state index is 12.7. The van der Waals surface area contributed by atoms with Crippen molar-refractivity contribution in [1.29, 1.82) is 5.26 Å². The standard InChI is InChI=1S/C19H19ClN2O2S/c1-14-12-15(8-9-16(14)20)22(11-5-10-21)19(23)13-25-18-7-4-3-6-17(18)24-2/h3-4,6-9,12H,5,11,13H2,1-2H3. The number of halogens is 1. The van der Waals surface area contributed by atoms with Crippen molar-refractivity contribution in [1.82, 2.24) is 0 Å². The van der Waals surface area contributed by atoms with Gasteiger partial charge in [0.25, 0.3) is 0 Å². The van der Waals surface area contributed by atoms with Crippen LogP contribution in [0.15, 0.2) is 47.4 Å². The summed E-state index contributed by atoms with van der Waals surface area (Å²) < 4.78 is 5.31. The molecule has 0 heterocycles. The second-order valence-electron chi connectivity index (χ2n) is 5.33. The molecule has 0 saturated heterocycles. The van der Waals surface area contributed by atoms with Gasteiger partial charge < -0.3 is 9.64 Å². The van der Waals surface area contributed by atoms with Crippen LogP contribution in [0.3, 0.4) is 0 Å². The van der Waals surface area contributed by atoms with Gasteiger partial charge in [0.15, 0.2) is 0 Å². The Morgan fingerprint density at radius 1 is 1.32 bits per heavy atom. The number of nitriles is 1. The predicted molar refractivity (Wildman–Crippen MR) is 102 cm³/mol. The Balaban J connectivity index is 2.15. The number of hydrogen-bond acceptors (Lipinski definition) is 4. The van der Waals surface area contributed by atoms with E-state index in [0.717, 1.165) is 21.9 Å². The Labute approximate surface area is 157 Å². The summed E-state index contributed by atoms with van der Waals surface area (Å²) in [4.78, 5) is 15.3. The summed E-state index contributed by atoms with van der Waals surface area (Å²) in [6.07, 6.45) is 0.271. The zero-order valence-corrected chi connectivity index (χ0v) is 15.7. The molecule has 130 valence electrons. The fourth-order valence-corrected chi connectivity index (χ4v) is 3.33. The minimum absolute atomic E-state index is 0.0621. The average molecular weight is 375 g/mol. The van der Waals surface area contributed by atoms with E-state index in [9.17, 15) is 4.79 Å². The summed E-state index contributed by atoms with van der Waals surface area (Å²) in [5, 5.41) is 9.54. The highest BCUT2D eigenvalue weighted by atomic mass is 35.5. The molecule has 0 radical (unpaired) electrons. The van der Waals surface area contributed by atoms with Crippen molar-refractivity contribution in [2.24, 2.45) is 0 Å². The number of thioether (sulfide) groups is 1. The van der Waals surface area contributed by atoms with Crippen LogP contribution in [0.5, 0.6) is 5.75 Å². The average Bonchev–Trinajstić information content (AvgIpc) is 2.63. The molecule has 0 aliphatic rings. The fraction of sp³-hybridized carbons (Fsp3) is 0.263. The fourth-order valence-electron chi connectivity index (χ4n) is 2.31. The maximum absolute atomic E-state index is 12.7. The number of hydrogen-bond donors (Lipinski definition) is 0. The number of aryl methyl sites for hydroxylation is 1. The molecule has 0 aliphatic carbocycles. The highest BCUT2D eigenvalue weighted by Crippen LogP contribution is 2.30. The van der Waals surface area contributed by atoms with Gasteiger partial charge in [-0.2, -0.15) is 5.26 Å². The Morgan fingerprint density at radius 3 is 2.76 bits per heavy atom. The maximum Gasteiger partial charge on any atom is 0.237 e. The van der Waals surface area contributed by atoms with Crippen LogP contribution in [0.2, 0.25) is 5.02 Å². The van der Waals surface area contributed by atoms with Crippen molar-refractivity contribution in [3.05, 3.63) is 53.1 Å². The molecule has 1 amide bonds. The summed E-state index contributed by atoms with van der Waals surface area (Å²) in [6, 6.07) is 15.1. The number of carbonyl (C=O) groups is 1. The third-order valence-corrected chi connectivity index (χ3v) is 5.09. The van der Waals surface area contributed by atoms with Gasteiger partial charge in [0.2, 0.25) is 5.91 Å². The minimum atomic E-state index is -0.0621. The molecule has 0 N–H and O–H groups in total. The van der Waals surface area contributed by atoms with Crippen LogP contribution in [-0.4, -0.2) is 25.3 Å². The van der Waals surface area contributed by atoms with Crippen molar-refractivity contribution in [2.45, 2.75) is 18.2 Å². The second-order valence-corrected chi connectivity index (χ2v) is 6.75. The van der Waals surface area contributed by atoms with E-state index in [1.807, 2.05) is 37.3 Å². The van der Waals surface area contributed by atoms with Gasteiger partial charge in [0.1, 0.15) is 5.75 Å². The Morgan fingerprint density at radius 2 is 2.08 bits per heavy atom. The monoisotopic (exact) mass is 374 g/mol. The summed E-state index contributed by atoms with van der Waals surface area (Å²) in [7, 11) is 1.61. The summed E-state index contributed by atoms with van der Waals surface area (Å²) in [5.74, 6) is 0.937. The van der Waals surface area contributed by atoms with E-state index in [-0.39, 0.29) is 18.1 Å². The molecule has 0 saturated carbocycles. The molecular formula is C19H19ClN2O2S. The molecule has 0 fully saturated rings. The number of benzene rings is 2. The molecular weight excluding hydrogens is 356 g/mol. The molecule has 0 aliphatic heterocycles. The third-order valence-electron chi connectivity index (χ3n) is 3.62. The van der Waals surface area contributed by atoms with Crippen LogP contribution in [-0.2, 0) is 4.79 Å². The summed E-state index contributed by atoms with van der Waals surface area (Å²) in [6.45, 7) is 2.24. The first kappa shape index (κ1) is 19.2. The molecule has 0 atom stereocenters. The van der Waals surface area contributed by atoms with E-state index < -0.39 is 0 Å². The van der Waals surface area contributed by atoms with Gasteiger partial charge >= 0.3 is 0 Å². The SMILES string of the molecule is COc1ccccc1SCC(=O)N(CCC#N)c1ccc(Cl)c(C)c1. The van der Waals surface area contributed by atoms with Crippen LogP contribution in [0.1, 0.15) is 12.0 Å². The zero-order valence-electron chi connectivity index (χ0n) is 14.2. The largest absolute Gasteiger partial charge is 0.496 e. The van der Waals surface area contributed by atoms with Crippen molar-refractivity contribution in [2.75, 3.05) is 24.3 Å². The summed E-state index contributed by atoms with van der Waals surface area (Å²) >= 11 is 7.49. The lowest BCUT2D eigenvalue weighted by molar-refractivity contribution is -0.116. The quantitative estimate of drug-likeness (QED) is 0.659. The number of ether oxygens (including phenoxy) is 1. The first-order valence-corrected chi connectivity index (χ1v) is 9.12. The van der Waals surface area contributed by atoms with Gasteiger partial charge in [-0.25, -0.2) is 0 Å². The van der Waals surface area contributed by atoms with Gasteiger partial charge in [-0.3, -0.25) is 4.79 Å². The molecule has 4 nitrogen and oxygen atoms in total. The molecule has 2 aromatic rings. The van der Waals surface area contributed by atoms with Crippen LogP contribution in [0.4, 0.5) is 5.69 Å². The number of amides is 1. The van der Waals surface area contributed by atoms with E-state index in [1.54, 1.807) is 24.1 Å². The van der Waals surface area contributed by atoms with Gasteiger partial charge in [-0.05, 0) is 42.8 Å². The topological polar surface area (TPSA) is 53.3 Å². The highest BCUT2D eigenvalue weighted by Gasteiger charge is 2.17. The van der Waals surface area contributed by atoms with Gasteiger partial charge in [0.05, 0.1) is 25.4 Å². The third kappa shape index (κ3) is 5.15. The summed E-state index contributed by atoms with van der Waals surface area (Å²) in [5.41, 5.74) is 1.65. The lowest BCUT2D eigenvalue weighted by atomic mass is 10.2. The van der Waals surface area contributed by atoms with Crippen LogP contribution in [0, 0.1) is 18.3 Å². The molecule has 6 heteroatoms. The lowest BCUT2D eigenvalue weighted by Crippen LogP contribution is -2.33. The number of anilines is 1. The van der Waals surface area contributed by atoms with Gasteiger partial charge in [0, 0.05) is 22.2 Å². The normalized spacial score (nSPS) is 10.2. The Bertz CT molecular complexity index is 789. The molecule has 2 aromatic carbocycles. The zero-order chi connectivity index (χ0) is 18.2. The number of carbonyl (C=O) groups excluding carboxylic acids is 1. The van der Waals surface area contributed by atoms with Crippen LogP contribution in [0.25, 0.3) is 0 Å². The number of para-hydroxylation sites is 1. The van der Waals surface area contributed by atoms with E-state index >= 15 is 0 Å². The van der Waals surface area contributed by atoms with E-state index in [0.29, 0.717) is 11.6 Å². The number of rotatable bonds is 7. The first-order valence-electron chi connectivity index (χ1n) is 7.76. The van der Waals surface area contributed by atoms with E-state index in [2.05, 4.69) is 6.07 Å². The van der Waals surface area contributed by atoms with Crippen molar-refractivity contribution in [3.63, 3.8) is 0 Å². The van der Waals surface area contributed by atoms with Crippen molar-refractivity contribution >= 4 is 35.0 Å². The molecule has 2 rings (SSSR count).